The molecule has 0 heterocycles. The van der Waals surface area contributed by atoms with Gasteiger partial charge in [0.15, 0.2) is 12.2 Å². The number of carbonyl (C=O) groups excluding carboxylic acids is 4. The van der Waals surface area contributed by atoms with Gasteiger partial charge in [-0.1, -0.05) is 306 Å². The molecular formula is C72H140O17P2. The molecule has 91 heavy (non-hydrogen) atoms. The number of rotatable bonds is 69. The van der Waals surface area contributed by atoms with Crippen LogP contribution < -0.4 is 0 Å². The topological polar surface area (TPSA) is 237 Å². The fraction of sp³-hybridized carbons (Fsp3) is 0.944. The number of phosphoric acid groups is 2. The molecule has 3 N–H and O–H groups in total. The summed E-state index contributed by atoms with van der Waals surface area (Å²) < 4.78 is 68.4. The fourth-order valence-corrected chi connectivity index (χ4v) is 12.4. The Labute approximate surface area is 556 Å². The molecule has 0 aliphatic carbocycles. The average Bonchev–Trinajstić information content (AvgIpc) is 3.70. The van der Waals surface area contributed by atoms with Gasteiger partial charge in [-0.25, -0.2) is 9.13 Å². The second kappa shape index (κ2) is 61.6. The minimum Gasteiger partial charge on any atom is -0.462 e. The van der Waals surface area contributed by atoms with E-state index >= 15 is 0 Å². The van der Waals surface area contributed by atoms with E-state index < -0.39 is 97.5 Å². The summed E-state index contributed by atoms with van der Waals surface area (Å²) in [6.45, 7) is 14.1. The molecule has 0 aliphatic rings. The Balaban J connectivity index is 5.25. The first-order valence-corrected chi connectivity index (χ1v) is 40.3. The third kappa shape index (κ3) is 63.9. The van der Waals surface area contributed by atoms with E-state index in [1.54, 1.807) is 0 Å². The molecule has 7 atom stereocenters. The summed E-state index contributed by atoms with van der Waals surface area (Å²) in [6, 6.07) is 0. The van der Waals surface area contributed by atoms with Crippen LogP contribution in [0.1, 0.15) is 357 Å². The van der Waals surface area contributed by atoms with E-state index in [9.17, 15) is 43.2 Å². The zero-order chi connectivity index (χ0) is 67.5. The van der Waals surface area contributed by atoms with Gasteiger partial charge in [-0.15, -0.1) is 0 Å². The van der Waals surface area contributed by atoms with Crippen LogP contribution in [0, 0.1) is 23.7 Å². The van der Waals surface area contributed by atoms with Gasteiger partial charge in [0.25, 0.3) is 0 Å². The van der Waals surface area contributed by atoms with Crippen molar-refractivity contribution in [3.05, 3.63) is 0 Å². The molecule has 19 heteroatoms. The molecule has 0 saturated carbocycles. The molecule has 0 aromatic rings. The smallest absolute Gasteiger partial charge is 0.462 e. The van der Waals surface area contributed by atoms with E-state index in [-0.39, 0.29) is 25.7 Å². The summed E-state index contributed by atoms with van der Waals surface area (Å²) in [5, 5.41) is 10.6. The maximum Gasteiger partial charge on any atom is 0.472 e. The molecule has 0 radical (unpaired) electrons. The van der Waals surface area contributed by atoms with Crippen LogP contribution in [0.15, 0.2) is 0 Å². The van der Waals surface area contributed by atoms with E-state index in [1.807, 2.05) is 0 Å². The molecular weight excluding hydrogens is 1200 g/mol. The van der Waals surface area contributed by atoms with Gasteiger partial charge in [0.2, 0.25) is 0 Å². The molecule has 0 rings (SSSR count). The van der Waals surface area contributed by atoms with Gasteiger partial charge >= 0.3 is 39.5 Å². The summed E-state index contributed by atoms with van der Waals surface area (Å²) in [7, 11) is -9.91. The minimum atomic E-state index is -4.95. The lowest BCUT2D eigenvalue weighted by molar-refractivity contribution is -0.161. The Hall–Kier alpha value is -1.94. The minimum absolute atomic E-state index is 0.104. The molecule has 0 spiro atoms. The van der Waals surface area contributed by atoms with Crippen molar-refractivity contribution in [2.75, 3.05) is 39.6 Å². The lowest BCUT2D eigenvalue weighted by atomic mass is 9.99. The van der Waals surface area contributed by atoms with Crippen molar-refractivity contribution in [3.8, 4) is 0 Å². The van der Waals surface area contributed by atoms with Gasteiger partial charge < -0.3 is 33.8 Å². The molecule has 0 saturated heterocycles. The zero-order valence-corrected chi connectivity index (χ0v) is 61.3. The van der Waals surface area contributed by atoms with Crippen molar-refractivity contribution in [3.63, 3.8) is 0 Å². The summed E-state index contributed by atoms with van der Waals surface area (Å²) in [5.74, 6) is 0.911. The molecule has 4 unspecified atom stereocenters. The predicted molar refractivity (Wildman–Crippen MR) is 367 cm³/mol. The van der Waals surface area contributed by atoms with Crippen LogP contribution in [0.25, 0.3) is 0 Å². The van der Waals surface area contributed by atoms with Crippen molar-refractivity contribution in [1.29, 1.82) is 0 Å². The molecule has 17 nitrogen and oxygen atoms in total. The highest BCUT2D eigenvalue weighted by molar-refractivity contribution is 7.47. The largest absolute Gasteiger partial charge is 0.472 e. The summed E-state index contributed by atoms with van der Waals surface area (Å²) >= 11 is 0. The highest BCUT2D eigenvalue weighted by Gasteiger charge is 2.30. The van der Waals surface area contributed by atoms with Gasteiger partial charge in [-0.05, 0) is 49.4 Å². The second-order valence-corrected chi connectivity index (χ2v) is 30.3. The lowest BCUT2D eigenvalue weighted by Gasteiger charge is -2.21. The Morgan fingerprint density at radius 2 is 0.527 bits per heavy atom. The zero-order valence-electron chi connectivity index (χ0n) is 59.5. The quantitative estimate of drug-likeness (QED) is 0.0222. The molecule has 0 aliphatic heterocycles. The van der Waals surface area contributed by atoms with Gasteiger partial charge in [0.1, 0.15) is 19.3 Å². The van der Waals surface area contributed by atoms with E-state index in [0.29, 0.717) is 25.7 Å². The Bertz CT molecular complexity index is 1800. The van der Waals surface area contributed by atoms with Crippen LogP contribution in [0.2, 0.25) is 0 Å². The standard InChI is InChI=1S/C72H140O17P2/c1-9-64(7)50-42-34-26-22-23-29-39-47-55-72(77)89-67(58-82-69(74)52-44-36-27-21-17-19-25-33-41-49-63(5)6)60-86-90(78,79)84-56-66(73)57-85-91(80,81)87-61-68(59-83-70(75)53-45-37-31-30-35-43-51-65(8)10-2)88-71(76)54-46-38-28-20-16-14-12-11-13-15-18-24-32-40-48-62(3)4/h62-68,73H,9-61H2,1-8H3,(H,78,79)(H,80,81)/t64?,65?,66-,67-,68-/m1/s1. The monoisotopic (exact) mass is 1340 g/mol. The number of phosphoric ester groups is 2. The first-order chi connectivity index (χ1) is 43.7. The number of aliphatic hydroxyl groups is 1. The first-order valence-electron chi connectivity index (χ1n) is 37.3. The van der Waals surface area contributed by atoms with E-state index in [1.165, 1.54) is 154 Å². The van der Waals surface area contributed by atoms with Crippen molar-refractivity contribution in [1.82, 2.24) is 0 Å². The maximum atomic E-state index is 13.0. The van der Waals surface area contributed by atoms with Crippen LogP contribution >= 0.6 is 15.6 Å². The summed E-state index contributed by atoms with van der Waals surface area (Å²) in [5.41, 5.74) is 0. The third-order valence-electron chi connectivity index (χ3n) is 17.3. The van der Waals surface area contributed by atoms with Crippen LogP contribution in [0.5, 0.6) is 0 Å². The number of aliphatic hydroxyl groups excluding tert-OH is 1. The third-order valence-corrected chi connectivity index (χ3v) is 19.2. The van der Waals surface area contributed by atoms with Crippen LogP contribution in [0.4, 0.5) is 0 Å². The number of hydrogen-bond acceptors (Lipinski definition) is 15. The Kier molecular flexibility index (Phi) is 60.3. The summed E-state index contributed by atoms with van der Waals surface area (Å²) in [6.07, 6.45) is 44.4. The lowest BCUT2D eigenvalue weighted by Crippen LogP contribution is -2.30. The van der Waals surface area contributed by atoms with Crippen LogP contribution in [-0.2, 0) is 65.4 Å². The first kappa shape index (κ1) is 89.1. The van der Waals surface area contributed by atoms with Gasteiger partial charge in [0.05, 0.1) is 26.4 Å². The number of hydrogen-bond donors (Lipinski definition) is 3. The van der Waals surface area contributed by atoms with Gasteiger partial charge in [-0.3, -0.25) is 37.3 Å². The van der Waals surface area contributed by atoms with Crippen LogP contribution in [0.3, 0.4) is 0 Å². The number of unbranched alkanes of at least 4 members (excludes halogenated alkanes) is 33. The SMILES string of the molecule is CCC(C)CCCCCCCCCCC(=O)O[C@H](COC(=O)CCCCCCCCCCCC(C)C)COP(=O)(O)OC[C@@H](O)COP(=O)(O)OC[C@@H](COC(=O)CCCCCCCCC(C)CC)OC(=O)CCCCCCCCCCCCCCCCC(C)C. The van der Waals surface area contributed by atoms with E-state index in [4.69, 9.17) is 37.0 Å². The Morgan fingerprint density at radius 1 is 0.308 bits per heavy atom. The van der Waals surface area contributed by atoms with E-state index in [2.05, 4.69) is 55.4 Å². The molecule has 0 fully saturated rings. The van der Waals surface area contributed by atoms with Crippen molar-refractivity contribution < 1.29 is 80.2 Å². The van der Waals surface area contributed by atoms with E-state index in [0.717, 1.165) is 120 Å². The van der Waals surface area contributed by atoms with Crippen molar-refractivity contribution in [2.24, 2.45) is 23.7 Å². The molecule has 540 valence electrons. The summed E-state index contributed by atoms with van der Waals surface area (Å²) in [4.78, 5) is 72.6. The van der Waals surface area contributed by atoms with Crippen molar-refractivity contribution in [2.45, 2.75) is 375 Å². The Morgan fingerprint density at radius 3 is 0.780 bits per heavy atom. The normalized spacial score (nSPS) is 14.8. The molecule has 0 aromatic heterocycles. The maximum absolute atomic E-state index is 13.0. The second-order valence-electron chi connectivity index (χ2n) is 27.4. The van der Waals surface area contributed by atoms with Crippen molar-refractivity contribution >= 4 is 39.5 Å². The fourth-order valence-electron chi connectivity index (χ4n) is 10.8. The molecule has 0 bridgehead atoms. The average molecular weight is 1340 g/mol. The molecule has 0 aromatic carbocycles. The van der Waals surface area contributed by atoms with Crippen LogP contribution in [-0.4, -0.2) is 96.7 Å². The highest BCUT2D eigenvalue weighted by atomic mass is 31.2. The number of esters is 4. The number of ether oxygens (including phenoxy) is 4. The van der Waals surface area contributed by atoms with Gasteiger partial charge in [0, 0.05) is 25.7 Å². The number of carbonyl (C=O) groups is 4. The molecule has 0 amide bonds. The predicted octanol–water partition coefficient (Wildman–Crippen LogP) is 20.5. The van der Waals surface area contributed by atoms with Gasteiger partial charge in [-0.2, -0.15) is 0 Å². The highest BCUT2D eigenvalue weighted by Crippen LogP contribution is 2.45.